The van der Waals surface area contributed by atoms with Gasteiger partial charge in [0, 0.05) is 24.5 Å². The largest absolute Gasteiger partial charge is 0.391 e. The van der Waals surface area contributed by atoms with Gasteiger partial charge in [-0.1, -0.05) is 30.2 Å². The number of nitrogens with zero attached hydrogens (tertiary/aromatic N) is 4. The van der Waals surface area contributed by atoms with E-state index in [1.807, 2.05) is 16.7 Å². The number of hydrogen-bond acceptors (Lipinski definition) is 6. The fourth-order valence-corrected chi connectivity index (χ4v) is 4.79. The van der Waals surface area contributed by atoms with Crippen LogP contribution in [-0.2, 0) is 6.42 Å². The van der Waals surface area contributed by atoms with Crippen LogP contribution in [0.25, 0.3) is 15.9 Å². The molecule has 27 heavy (non-hydrogen) atoms. The van der Waals surface area contributed by atoms with E-state index in [0.29, 0.717) is 0 Å². The summed E-state index contributed by atoms with van der Waals surface area (Å²) < 4.78 is 3.18. The Morgan fingerprint density at radius 1 is 1.22 bits per heavy atom. The smallest absolute Gasteiger partial charge is 0.184 e. The molecule has 5 rings (SSSR count). The monoisotopic (exact) mass is 379 g/mol. The molecule has 0 amide bonds. The third-order valence-electron chi connectivity index (χ3n) is 5.27. The molecule has 1 fully saturated rings. The van der Waals surface area contributed by atoms with Crippen LogP contribution in [0.15, 0.2) is 43.0 Å². The van der Waals surface area contributed by atoms with E-state index < -0.39 is 0 Å². The molecule has 7 heteroatoms. The molecule has 3 heterocycles. The molecule has 1 saturated carbocycles. The van der Waals surface area contributed by atoms with E-state index in [0.717, 1.165) is 58.8 Å². The lowest BCUT2D eigenvalue weighted by molar-refractivity contribution is 0.116. The Morgan fingerprint density at radius 2 is 2.15 bits per heavy atom. The van der Waals surface area contributed by atoms with Gasteiger partial charge in [0.15, 0.2) is 5.13 Å². The maximum absolute atomic E-state index is 10.2. The van der Waals surface area contributed by atoms with Gasteiger partial charge < -0.3 is 10.4 Å². The first-order valence-electron chi connectivity index (χ1n) is 9.36. The molecule has 1 aliphatic rings. The Kier molecular flexibility index (Phi) is 4.26. The second-order valence-electron chi connectivity index (χ2n) is 7.16. The van der Waals surface area contributed by atoms with Gasteiger partial charge in [-0.15, -0.1) is 0 Å². The maximum Gasteiger partial charge on any atom is 0.184 e. The van der Waals surface area contributed by atoms with Crippen LogP contribution in [0, 0.1) is 0 Å². The van der Waals surface area contributed by atoms with Gasteiger partial charge in [0.1, 0.15) is 12.0 Å². The van der Waals surface area contributed by atoms with Crippen LogP contribution in [0.1, 0.15) is 36.9 Å². The quantitative estimate of drug-likeness (QED) is 0.566. The fourth-order valence-electron chi connectivity index (χ4n) is 3.80. The van der Waals surface area contributed by atoms with Crippen molar-refractivity contribution in [3.05, 3.63) is 54.2 Å². The van der Waals surface area contributed by atoms with Crippen LogP contribution in [-0.4, -0.2) is 36.6 Å². The van der Waals surface area contributed by atoms with Crippen molar-refractivity contribution >= 4 is 32.3 Å². The molecule has 0 spiro atoms. The molecule has 0 radical (unpaired) electrons. The fraction of sp³-hybridized carbons (Fsp3) is 0.350. The summed E-state index contributed by atoms with van der Waals surface area (Å²) in [7, 11) is 0. The highest BCUT2D eigenvalue weighted by Gasteiger charge is 2.23. The number of rotatable bonds is 4. The molecule has 4 aromatic rings. The highest BCUT2D eigenvalue weighted by molar-refractivity contribution is 7.22. The summed E-state index contributed by atoms with van der Waals surface area (Å²) in [6.45, 7) is 0. The van der Waals surface area contributed by atoms with E-state index in [9.17, 15) is 5.11 Å². The highest BCUT2D eigenvalue weighted by Crippen LogP contribution is 2.30. The van der Waals surface area contributed by atoms with Gasteiger partial charge >= 0.3 is 0 Å². The number of nitrogens with one attached hydrogen (secondary N) is 1. The van der Waals surface area contributed by atoms with Crippen molar-refractivity contribution in [1.29, 1.82) is 0 Å². The maximum atomic E-state index is 10.2. The second-order valence-corrected chi connectivity index (χ2v) is 8.19. The summed E-state index contributed by atoms with van der Waals surface area (Å²) in [5, 5.41) is 14.5. The summed E-state index contributed by atoms with van der Waals surface area (Å²) >= 11 is 1.66. The number of anilines is 1. The summed E-state index contributed by atoms with van der Waals surface area (Å²) in [5.74, 6) is 0. The Labute approximate surface area is 160 Å². The Balaban J connectivity index is 1.39. The minimum Gasteiger partial charge on any atom is -0.391 e. The molecular weight excluding hydrogens is 358 g/mol. The first-order valence-corrected chi connectivity index (χ1v) is 10.2. The average Bonchev–Trinajstić information content (AvgIpc) is 3.27. The molecule has 2 atom stereocenters. The van der Waals surface area contributed by atoms with E-state index >= 15 is 0 Å². The molecule has 1 aliphatic carbocycles. The van der Waals surface area contributed by atoms with Crippen molar-refractivity contribution < 1.29 is 5.11 Å². The van der Waals surface area contributed by atoms with Crippen molar-refractivity contribution in [2.24, 2.45) is 0 Å². The highest BCUT2D eigenvalue weighted by atomic mass is 32.1. The van der Waals surface area contributed by atoms with E-state index in [-0.39, 0.29) is 12.1 Å². The molecule has 2 N–H and O–H groups in total. The molecular formula is C20H21N5OS. The predicted octanol–water partition coefficient (Wildman–Crippen LogP) is 3.65. The van der Waals surface area contributed by atoms with Crippen molar-refractivity contribution in [3.63, 3.8) is 0 Å². The van der Waals surface area contributed by atoms with Crippen LogP contribution in [0.5, 0.6) is 0 Å². The lowest BCUT2D eigenvalue weighted by Gasteiger charge is -2.27. The van der Waals surface area contributed by atoms with Crippen molar-refractivity contribution in [2.45, 2.75) is 44.2 Å². The number of aliphatic hydroxyl groups is 1. The van der Waals surface area contributed by atoms with E-state index in [1.165, 1.54) is 5.56 Å². The topological polar surface area (TPSA) is 75.3 Å². The molecule has 0 saturated heterocycles. The average molecular weight is 379 g/mol. The van der Waals surface area contributed by atoms with Crippen molar-refractivity contribution in [3.8, 4) is 0 Å². The summed E-state index contributed by atoms with van der Waals surface area (Å²) in [6.07, 6.45) is 10.2. The van der Waals surface area contributed by atoms with Crippen LogP contribution in [0.2, 0.25) is 0 Å². The zero-order chi connectivity index (χ0) is 18.2. The normalized spacial score (nSPS) is 20.3. The van der Waals surface area contributed by atoms with E-state index in [1.54, 1.807) is 23.9 Å². The number of aliphatic hydroxyl groups excluding tert-OH is 1. The van der Waals surface area contributed by atoms with Crippen molar-refractivity contribution in [1.82, 2.24) is 19.4 Å². The minimum atomic E-state index is -0.273. The van der Waals surface area contributed by atoms with Gasteiger partial charge in [0.2, 0.25) is 0 Å². The first-order chi connectivity index (χ1) is 13.3. The number of imidazole rings is 1. The molecule has 1 aromatic carbocycles. The third kappa shape index (κ3) is 3.28. The zero-order valence-corrected chi connectivity index (χ0v) is 15.7. The summed E-state index contributed by atoms with van der Waals surface area (Å²) in [5.41, 5.74) is 4.25. The lowest BCUT2D eigenvalue weighted by atomic mass is 9.93. The van der Waals surface area contributed by atoms with Gasteiger partial charge in [-0.2, -0.15) is 0 Å². The molecule has 6 nitrogen and oxygen atoms in total. The summed E-state index contributed by atoms with van der Waals surface area (Å²) in [4.78, 5) is 13.3. The standard InChI is InChI=1S/C20H21N5OS/c26-17-4-2-1-3-15(17)23-20-24-16-6-5-13(10-18(16)27-20)9-14-11-22-19-7-8-21-12-25(14)19/h5-8,10-12,15,17,26H,1-4,9H2,(H,23,24)/t15-,17-/m1/s1. The van der Waals surface area contributed by atoms with Crippen LogP contribution < -0.4 is 5.32 Å². The van der Waals surface area contributed by atoms with E-state index in [2.05, 4.69) is 33.5 Å². The van der Waals surface area contributed by atoms with Crippen LogP contribution >= 0.6 is 11.3 Å². The molecule has 0 unspecified atom stereocenters. The zero-order valence-electron chi connectivity index (χ0n) is 14.9. The number of aromatic nitrogens is 4. The van der Waals surface area contributed by atoms with Crippen LogP contribution in [0.3, 0.4) is 0 Å². The van der Waals surface area contributed by atoms with Crippen LogP contribution in [0.4, 0.5) is 5.13 Å². The summed E-state index contributed by atoms with van der Waals surface area (Å²) in [6, 6.07) is 8.42. The molecule has 138 valence electrons. The van der Waals surface area contributed by atoms with Gasteiger partial charge in [-0.3, -0.25) is 4.40 Å². The van der Waals surface area contributed by atoms with Gasteiger partial charge in [-0.25, -0.2) is 15.0 Å². The molecule has 0 bridgehead atoms. The number of fused-ring (bicyclic) bond motifs is 2. The number of hydrogen-bond donors (Lipinski definition) is 2. The Bertz CT molecular complexity index is 1090. The Morgan fingerprint density at radius 3 is 3.07 bits per heavy atom. The lowest BCUT2D eigenvalue weighted by Crippen LogP contribution is -2.36. The molecule has 3 aromatic heterocycles. The van der Waals surface area contributed by atoms with Gasteiger partial charge in [0.05, 0.1) is 22.4 Å². The molecule has 0 aliphatic heterocycles. The minimum absolute atomic E-state index is 0.115. The van der Waals surface area contributed by atoms with Gasteiger partial charge in [0.25, 0.3) is 0 Å². The predicted molar refractivity (Wildman–Crippen MR) is 107 cm³/mol. The van der Waals surface area contributed by atoms with Gasteiger partial charge in [-0.05, 0) is 36.6 Å². The first kappa shape index (κ1) is 16.6. The third-order valence-corrected chi connectivity index (χ3v) is 6.22. The van der Waals surface area contributed by atoms with Crippen molar-refractivity contribution in [2.75, 3.05) is 5.32 Å². The number of benzene rings is 1. The second kappa shape index (κ2) is 6.90. The SMILES string of the molecule is O[C@@H]1CCCC[C@H]1Nc1nc2ccc(Cc3cnc4ccncn34)cc2s1. The van der Waals surface area contributed by atoms with E-state index in [4.69, 9.17) is 4.98 Å². The Hall–Kier alpha value is -2.51. The number of thiazole rings is 1.